The molecule has 7 nitrogen and oxygen atoms in total. The highest BCUT2D eigenvalue weighted by Crippen LogP contribution is 2.17. The predicted molar refractivity (Wildman–Crippen MR) is 68.6 cm³/mol. The van der Waals surface area contributed by atoms with E-state index in [1.165, 1.54) is 12.3 Å². The third kappa shape index (κ3) is 4.47. The second-order valence-electron chi connectivity index (χ2n) is 3.54. The highest BCUT2D eigenvalue weighted by molar-refractivity contribution is 6.41. The molecule has 0 aliphatic carbocycles. The Morgan fingerprint density at radius 1 is 1.32 bits per heavy atom. The molecule has 1 aromatic rings. The number of nitrogens with zero attached hydrogens (tertiary/aromatic N) is 2. The number of aromatic nitrogens is 1. The Hall–Kier alpha value is -1.70. The highest BCUT2D eigenvalue weighted by atomic mass is 35.5. The first-order chi connectivity index (χ1) is 9.10. The normalized spacial score (nSPS) is 10.1. The number of pyridine rings is 1. The molecule has 0 spiro atoms. The number of carbonyl (C=O) groups is 2. The van der Waals surface area contributed by atoms with Gasteiger partial charge in [0.2, 0.25) is 0 Å². The average Bonchev–Trinajstić information content (AvgIpc) is 2.40. The van der Waals surface area contributed by atoms with Crippen LogP contribution in [0.25, 0.3) is 0 Å². The van der Waals surface area contributed by atoms with Gasteiger partial charge in [-0.25, -0.2) is 4.98 Å². The minimum Gasteiger partial charge on any atom is -0.395 e. The molecule has 1 aromatic heterocycles. The third-order valence-corrected chi connectivity index (χ3v) is 2.53. The Morgan fingerprint density at radius 3 is 2.47 bits per heavy atom. The molecule has 8 heteroatoms. The number of hydrogen-bond acceptors (Lipinski definition) is 5. The smallest absolute Gasteiger partial charge is 0.313 e. The molecule has 0 bridgehead atoms. The van der Waals surface area contributed by atoms with Crippen molar-refractivity contribution in [2.45, 2.75) is 0 Å². The summed E-state index contributed by atoms with van der Waals surface area (Å²) in [5.41, 5.74) is 0.218. The van der Waals surface area contributed by atoms with Crippen LogP contribution in [0.5, 0.6) is 0 Å². The summed E-state index contributed by atoms with van der Waals surface area (Å²) in [5, 5.41) is 20.0. The first-order valence-electron chi connectivity index (χ1n) is 5.52. The van der Waals surface area contributed by atoms with E-state index in [9.17, 15) is 9.59 Å². The Morgan fingerprint density at radius 2 is 1.95 bits per heavy atom. The van der Waals surface area contributed by atoms with Crippen molar-refractivity contribution in [3.8, 4) is 0 Å². The van der Waals surface area contributed by atoms with Gasteiger partial charge in [-0.15, -0.1) is 0 Å². The van der Waals surface area contributed by atoms with Gasteiger partial charge in [0.05, 0.1) is 18.9 Å². The predicted octanol–water partition coefficient (Wildman–Crippen LogP) is -0.513. The minimum absolute atomic E-state index is 0.0341. The van der Waals surface area contributed by atoms with Crippen molar-refractivity contribution < 1.29 is 19.8 Å². The van der Waals surface area contributed by atoms with Gasteiger partial charge in [-0.1, -0.05) is 11.6 Å². The van der Waals surface area contributed by atoms with Crippen LogP contribution in [0, 0.1) is 0 Å². The van der Waals surface area contributed by atoms with Crippen molar-refractivity contribution in [3.63, 3.8) is 0 Å². The van der Waals surface area contributed by atoms with Gasteiger partial charge in [0, 0.05) is 19.3 Å². The summed E-state index contributed by atoms with van der Waals surface area (Å²) in [7, 11) is 0. The number of aliphatic hydroxyl groups is 2. The van der Waals surface area contributed by atoms with Crippen LogP contribution in [0.1, 0.15) is 0 Å². The maximum absolute atomic E-state index is 11.8. The summed E-state index contributed by atoms with van der Waals surface area (Å²) in [6.07, 6.45) is 1.45. The van der Waals surface area contributed by atoms with E-state index >= 15 is 0 Å². The topological polar surface area (TPSA) is 103 Å². The molecule has 0 atom stereocenters. The lowest BCUT2D eigenvalue weighted by Crippen LogP contribution is -2.42. The van der Waals surface area contributed by atoms with Crippen LogP contribution in [0.2, 0.25) is 5.15 Å². The van der Waals surface area contributed by atoms with Gasteiger partial charge in [-0.2, -0.15) is 0 Å². The number of hydrogen-bond donors (Lipinski definition) is 3. The summed E-state index contributed by atoms with van der Waals surface area (Å²) in [5.74, 6) is -1.76. The molecule has 0 fully saturated rings. The van der Waals surface area contributed by atoms with Crippen molar-refractivity contribution in [1.82, 2.24) is 9.88 Å². The number of nitrogens with one attached hydrogen (secondary N) is 1. The van der Waals surface area contributed by atoms with E-state index < -0.39 is 11.8 Å². The Balaban J connectivity index is 2.71. The monoisotopic (exact) mass is 287 g/mol. The maximum atomic E-state index is 11.8. The fourth-order valence-electron chi connectivity index (χ4n) is 1.35. The fourth-order valence-corrected chi connectivity index (χ4v) is 1.52. The van der Waals surface area contributed by atoms with E-state index in [4.69, 9.17) is 21.8 Å². The molecular weight excluding hydrogens is 274 g/mol. The average molecular weight is 288 g/mol. The molecule has 2 amide bonds. The van der Waals surface area contributed by atoms with E-state index in [1.807, 2.05) is 0 Å². The number of rotatable bonds is 5. The van der Waals surface area contributed by atoms with Crippen LogP contribution in [-0.4, -0.2) is 58.2 Å². The highest BCUT2D eigenvalue weighted by Gasteiger charge is 2.21. The zero-order chi connectivity index (χ0) is 14.3. The maximum Gasteiger partial charge on any atom is 0.313 e. The second-order valence-corrected chi connectivity index (χ2v) is 3.89. The Labute approximate surface area is 114 Å². The van der Waals surface area contributed by atoms with Crippen molar-refractivity contribution in [3.05, 3.63) is 23.5 Å². The number of aliphatic hydroxyl groups excluding tert-OH is 2. The molecule has 19 heavy (non-hydrogen) atoms. The molecule has 0 saturated heterocycles. The van der Waals surface area contributed by atoms with Gasteiger partial charge < -0.3 is 20.4 Å². The van der Waals surface area contributed by atoms with E-state index in [0.29, 0.717) is 0 Å². The van der Waals surface area contributed by atoms with Crippen molar-refractivity contribution in [2.24, 2.45) is 0 Å². The standard InChI is InChI=1S/C11H14ClN3O4/c12-9-8(2-1-3-13-9)14-10(18)11(19)15(4-6-16)5-7-17/h1-3,16-17H,4-7H2,(H,14,18). The molecule has 0 aromatic carbocycles. The molecule has 0 saturated carbocycles. The third-order valence-electron chi connectivity index (χ3n) is 2.23. The van der Waals surface area contributed by atoms with Crippen LogP contribution in [-0.2, 0) is 9.59 Å². The molecule has 104 valence electrons. The molecule has 0 aliphatic rings. The van der Waals surface area contributed by atoms with E-state index in [1.54, 1.807) is 6.07 Å². The Bertz CT molecular complexity index is 449. The van der Waals surface area contributed by atoms with Gasteiger partial charge in [-0.05, 0) is 12.1 Å². The van der Waals surface area contributed by atoms with E-state index in [0.717, 1.165) is 4.90 Å². The first-order valence-corrected chi connectivity index (χ1v) is 5.90. The summed E-state index contributed by atoms with van der Waals surface area (Å²) in [6.45, 7) is -0.666. The number of halogens is 1. The van der Waals surface area contributed by atoms with Crippen LogP contribution in [0.15, 0.2) is 18.3 Å². The lowest BCUT2D eigenvalue weighted by atomic mass is 10.3. The van der Waals surface area contributed by atoms with Crippen molar-refractivity contribution >= 4 is 29.1 Å². The van der Waals surface area contributed by atoms with Crippen LogP contribution >= 0.6 is 11.6 Å². The second kappa shape index (κ2) is 7.67. The van der Waals surface area contributed by atoms with Gasteiger partial charge in [0.1, 0.15) is 0 Å². The minimum atomic E-state index is -0.906. The molecule has 1 rings (SSSR count). The summed E-state index contributed by atoms with van der Waals surface area (Å²) < 4.78 is 0. The van der Waals surface area contributed by atoms with Gasteiger partial charge in [0.25, 0.3) is 0 Å². The molecule has 0 unspecified atom stereocenters. The molecular formula is C11H14ClN3O4. The molecule has 3 N–H and O–H groups in total. The largest absolute Gasteiger partial charge is 0.395 e. The van der Waals surface area contributed by atoms with Crippen LogP contribution < -0.4 is 5.32 Å². The quantitative estimate of drug-likeness (QED) is 0.500. The Kier molecular flexibility index (Phi) is 6.20. The van der Waals surface area contributed by atoms with Crippen molar-refractivity contribution in [1.29, 1.82) is 0 Å². The van der Waals surface area contributed by atoms with E-state index in [2.05, 4.69) is 10.3 Å². The van der Waals surface area contributed by atoms with Gasteiger partial charge >= 0.3 is 11.8 Å². The summed E-state index contributed by atoms with van der Waals surface area (Å²) in [4.78, 5) is 28.3. The lowest BCUT2D eigenvalue weighted by Gasteiger charge is -2.19. The first kappa shape index (κ1) is 15.4. The van der Waals surface area contributed by atoms with Crippen molar-refractivity contribution in [2.75, 3.05) is 31.6 Å². The summed E-state index contributed by atoms with van der Waals surface area (Å²) in [6, 6.07) is 3.06. The van der Waals surface area contributed by atoms with Crippen LogP contribution in [0.4, 0.5) is 5.69 Å². The number of carbonyl (C=O) groups excluding carboxylic acids is 2. The number of anilines is 1. The zero-order valence-electron chi connectivity index (χ0n) is 10.0. The van der Waals surface area contributed by atoms with Gasteiger partial charge in [0.15, 0.2) is 5.15 Å². The SMILES string of the molecule is O=C(Nc1cccnc1Cl)C(=O)N(CCO)CCO. The van der Waals surface area contributed by atoms with Gasteiger partial charge in [-0.3, -0.25) is 9.59 Å². The summed E-state index contributed by atoms with van der Waals surface area (Å²) >= 11 is 5.74. The number of amides is 2. The molecule has 0 aliphatic heterocycles. The fraction of sp³-hybridized carbons (Fsp3) is 0.364. The molecule has 0 radical (unpaired) electrons. The van der Waals surface area contributed by atoms with Crippen LogP contribution in [0.3, 0.4) is 0 Å². The van der Waals surface area contributed by atoms with E-state index in [-0.39, 0.29) is 37.1 Å². The molecule has 1 heterocycles. The lowest BCUT2D eigenvalue weighted by molar-refractivity contribution is -0.143. The zero-order valence-corrected chi connectivity index (χ0v) is 10.8.